The second-order valence-corrected chi connectivity index (χ2v) is 9.14. The average Bonchev–Trinajstić information content (AvgIpc) is 2.66. The number of hydrogen-bond acceptors (Lipinski definition) is 7. The molecule has 2 aliphatic heterocycles. The third-order valence-corrected chi connectivity index (χ3v) is 5.66. The zero-order valence-corrected chi connectivity index (χ0v) is 14.9. The number of nitrogens with two attached hydrogens (primary N) is 1. The third-order valence-electron chi connectivity index (χ3n) is 4.03. The Bertz CT molecular complexity index is 528. The number of fused-ring (bicyclic) bond motifs is 1. The summed E-state index contributed by atoms with van der Waals surface area (Å²) in [6.07, 6.45) is 0. The van der Waals surface area contributed by atoms with Gasteiger partial charge in [-0.2, -0.15) is 0 Å². The number of carbonyl (C=O) groups is 3. The maximum atomic E-state index is 12.4. The summed E-state index contributed by atoms with van der Waals surface area (Å²) in [7, 11) is 0. The second-order valence-electron chi connectivity index (χ2n) is 7.37. The predicted molar refractivity (Wildman–Crippen MR) is 85.1 cm³/mol. The van der Waals surface area contributed by atoms with Crippen LogP contribution in [0.5, 0.6) is 0 Å². The van der Waals surface area contributed by atoms with Crippen LogP contribution in [-0.2, 0) is 23.9 Å². The van der Waals surface area contributed by atoms with Crippen molar-refractivity contribution in [3.8, 4) is 0 Å². The fourth-order valence-electron chi connectivity index (χ4n) is 2.73. The van der Waals surface area contributed by atoms with Crippen molar-refractivity contribution in [2.24, 2.45) is 17.1 Å². The minimum Gasteiger partial charge on any atom is -0.427 e. The van der Waals surface area contributed by atoms with Crippen molar-refractivity contribution in [1.82, 2.24) is 4.90 Å². The molecule has 0 saturated carbocycles. The number of hydrogen-bond donors (Lipinski definition) is 1. The monoisotopic (exact) mass is 344 g/mol. The van der Waals surface area contributed by atoms with E-state index in [0.717, 1.165) is 0 Å². The summed E-state index contributed by atoms with van der Waals surface area (Å²) < 4.78 is 9.54. The van der Waals surface area contributed by atoms with Crippen molar-refractivity contribution in [1.29, 1.82) is 0 Å². The molecule has 2 rings (SSSR count). The van der Waals surface area contributed by atoms with Crippen molar-refractivity contribution < 1.29 is 23.9 Å². The Morgan fingerprint density at radius 3 is 2.43 bits per heavy atom. The molecule has 130 valence electrons. The van der Waals surface area contributed by atoms with Gasteiger partial charge in [0.25, 0.3) is 0 Å². The van der Waals surface area contributed by atoms with E-state index in [0.29, 0.717) is 0 Å². The molecule has 0 aliphatic carbocycles. The first kappa shape index (κ1) is 18.1. The summed E-state index contributed by atoms with van der Waals surface area (Å²) in [5, 5.41) is -0.0859. The average molecular weight is 344 g/mol. The van der Waals surface area contributed by atoms with Crippen LogP contribution in [0.4, 0.5) is 0 Å². The standard InChI is InChI=1S/C15H24N2O5S/c1-14(2,3)13(20)22-7-21-12(19)9-15(4,5)23-11-8(6-16)10(18)17(9)11/h8-9,11H,6-7,16H2,1-5H3/t8-,9-,11+/m0/s1. The van der Waals surface area contributed by atoms with Gasteiger partial charge in [0, 0.05) is 11.3 Å². The summed E-state index contributed by atoms with van der Waals surface area (Å²) >= 11 is 1.55. The Balaban J connectivity index is 1.97. The smallest absolute Gasteiger partial charge is 0.333 e. The molecule has 0 aromatic carbocycles. The highest BCUT2D eigenvalue weighted by atomic mass is 32.2. The molecule has 2 aliphatic rings. The number of nitrogens with zero attached hydrogens (tertiary/aromatic N) is 1. The molecule has 2 N–H and O–H groups in total. The molecular weight excluding hydrogens is 320 g/mol. The van der Waals surface area contributed by atoms with Gasteiger partial charge in [-0.15, -0.1) is 11.8 Å². The molecule has 2 fully saturated rings. The van der Waals surface area contributed by atoms with Crippen LogP contribution in [0, 0.1) is 11.3 Å². The van der Waals surface area contributed by atoms with Gasteiger partial charge in [0.1, 0.15) is 6.04 Å². The van der Waals surface area contributed by atoms with Gasteiger partial charge in [0.05, 0.1) is 16.7 Å². The maximum Gasteiger partial charge on any atom is 0.333 e. The number of esters is 2. The van der Waals surface area contributed by atoms with E-state index < -0.39 is 34.9 Å². The SMILES string of the molecule is CC(C)(C)C(=O)OCOC(=O)[C@@H]1N2C(=O)[C@H](CN)[C@H]2SC1(C)C. The van der Waals surface area contributed by atoms with Gasteiger partial charge in [-0.25, -0.2) is 4.79 Å². The largest absolute Gasteiger partial charge is 0.427 e. The second kappa shape index (κ2) is 5.98. The van der Waals surface area contributed by atoms with Crippen LogP contribution in [0.25, 0.3) is 0 Å². The van der Waals surface area contributed by atoms with Crippen LogP contribution in [0.3, 0.4) is 0 Å². The van der Waals surface area contributed by atoms with E-state index in [2.05, 4.69) is 0 Å². The molecule has 1 amide bonds. The van der Waals surface area contributed by atoms with E-state index in [1.807, 2.05) is 13.8 Å². The molecular formula is C15H24N2O5S. The minimum absolute atomic E-state index is 0.0859. The number of rotatable bonds is 4. The number of carbonyl (C=O) groups excluding carboxylic acids is 3. The van der Waals surface area contributed by atoms with E-state index in [1.54, 1.807) is 32.5 Å². The first-order valence-corrected chi connectivity index (χ1v) is 8.42. The molecule has 2 saturated heterocycles. The molecule has 23 heavy (non-hydrogen) atoms. The predicted octanol–water partition coefficient (Wildman–Crippen LogP) is 0.714. The van der Waals surface area contributed by atoms with E-state index in [-0.39, 0.29) is 23.7 Å². The fraction of sp³-hybridized carbons (Fsp3) is 0.800. The lowest BCUT2D eigenvalue weighted by Crippen LogP contribution is -2.64. The number of β-lactam (4-membered cyclic amide) rings is 1. The lowest BCUT2D eigenvalue weighted by molar-refractivity contribution is -0.181. The molecule has 8 heteroatoms. The normalized spacial score (nSPS) is 28.9. The quantitative estimate of drug-likeness (QED) is 0.455. The fourth-order valence-corrected chi connectivity index (χ4v) is 4.42. The summed E-state index contributed by atoms with van der Waals surface area (Å²) in [6, 6.07) is -0.693. The zero-order valence-electron chi connectivity index (χ0n) is 14.1. The van der Waals surface area contributed by atoms with Crippen LogP contribution in [-0.4, -0.2) is 52.2 Å². The van der Waals surface area contributed by atoms with Gasteiger partial charge < -0.3 is 20.1 Å². The van der Waals surface area contributed by atoms with Crippen molar-refractivity contribution in [2.75, 3.05) is 13.3 Å². The van der Waals surface area contributed by atoms with Gasteiger partial charge in [-0.3, -0.25) is 9.59 Å². The molecule has 0 spiro atoms. The highest BCUT2D eigenvalue weighted by Gasteiger charge is 2.63. The number of ether oxygens (including phenoxy) is 2. The van der Waals surface area contributed by atoms with Crippen LogP contribution in [0.15, 0.2) is 0 Å². The minimum atomic E-state index is -0.693. The summed E-state index contributed by atoms with van der Waals surface area (Å²) in [6.45, 7) is 8.75. The highest BCUT2D eigenvalue weighted by molar-refractivity contribution is 8.01. The summed E-state index contributed by atoms with van der Waals surface area (Å²) in [5.41, 5.74) is 4.95. The molecule has 2 heterocycles. The Morgan fingerprint density at radius 2 is 1.91 bits per heavy atom. The molecule has 0 bridgehead atoms. The summed E-state index contributed by atoms with van der Waals surface area (Å²) in [5.74, 6) is -1.37. The van der Waals surface area contributed by atoms with Gasteiger partial charge in [0.2, 0.25) is 12.7 Å². The third kappa shape index (κ3) is 3.19. The van der Waals surface area contributed by atoms with Crippen LogP contribution in [0.1, 0.15) is 34.6 Å². The van der Waals surface area contributed by atoms with Crippen molar-refractivity contribution >= 4 is 29.6 Å². The molecule has 3 atom stereocenters. The lowest BCUT2D eigenvalue weighted by atomic mass is 9.92. The topological polar surface area (TPSA) is 98.9 Å². The molecule has 7 nitrogen and oxygen atoms in total. The lowest BCUT2D eigenvalue weighted by Gasteiger charge is -2.43. The highest BCUT2D eigenvalue weighted by Crippen LogP contribution is 2.53. The van der Waals surface area contributed by atoms with Gasteiger partial charge >= 0.3 is 11.9 Å². The van der Waals surface area contributed by atoms with Crippen LogP contribution < -0.4 is 5.73 Å². The van der Waals surface area contributed by atoms with E-state index in [4.69, 9.17) is 15.2 Å². The van der Waals surface area contributed by atoms with Crippen molar-refractivity contribution in [3.63, 3.8) is 0 Å². The Hall–Kier alpha value is -1.28. The Kier molecular flexibility index (Phi) is 4.69. The summed E-state index contributed by atoms with van der Waals surface area (Å²) in [4.78, 5) is 37.7. The van der Waals surface area contributed by atoms with E-state index in [1.165, 1.54) is 4.90 Å². The molecule has 0 aromatic rings. The van der Waals surface area contributed by atoms with Crippen molar-refractivity contribution in [3.05, 3.63) is 0 Å². The molecule has 0 aromatic heterocycles. The van der Waals surface area contributed by atoms with Gasteiger partial charge in [-0.05, 0) is 34.6 Å². The van der Waals surface area contributed by atoms with E-state index in [9.17, 15) is 14.4 Å². The first-order valence-electron chi connectivity index (χ1n) is 7.54. The van der Waals surface area contributed by atoms with Crippen LogP contribution in [0.2, 0.25) is 0 Å². The number of thioether (sulfide) groups is 1. The van der Waals surface area contributed by atoms with Crippen LogP contribution >= 0.6 is 11.8 Å². The van der Waals surface area contributed by atoms with Crippen molar-refractivity contribution in [2.45, 2.75) is 50.8 Å². The molecule has 0 unspecified atom stereocenters. The van der Waals surface area contributed by atoms with E-state index >= 15 is 0 Å². The zero-order chi connectivity index (χ0) is 17.6. The van der Waals surface area contributed by atoms with Gasteiger partial charge in [0.15, 0.2) is 0 Å². The van der Waals surface area contributed by atoms with Gasteiger partial charge in [-0.1, -0.05) is 0 Å². The number of amides is 1. The Morgan fingerprint density at radius 1 is 1.30 bits per heavy atom. The Labute approximate surface area is 140 Å². The first-order chi connectivity index (χ1) is 10.5. The molecule has 0 radical (unpaired) electrons. The maximum absolute atomic E-state index is 12.4.